The van der Waals surface area contributed by atoms with Crippen LogP contribution in [0.1, 0.15) is 110 Å². The van der Waals surface area contributed by atoms with E-state index in [0.29, 0.717) is 48.3 Å². The number of aromatic nitrogens is 1. The molecule has 2 amide bonds. The normalized spacial score (nSPS) is 24.9. The molecule has 0 spiro atoms. The third kappa shape index (κ3) is 5.62. The van der Waals surface area contributed by atoms with Crippen molar-refractivity contribution in [2.75, 3.05) is 20.1 Å². The molecular formula is C35H50N6O2. The zero-order valence-electron chi connectivity index (χ0n) is 27.3. The van der Waals surface area contributed by atoms with Crippen LogP contribution in [-0.4, -0.2) is 56.8 Å². The number of likely N-dealkylation sites (N-methyl/N-ethyl adjacent to an activating group) is 1. The van der Waals surface area contributed by atoms with Crippen LogP contribution >= 0.6 is 0 Å². The van der Waals surface area contributed by atoms with E-state index in [9.17, 15) is 20.1 Å². The Hall–Kier alpha value is -3.52. The molecule has 1 aromatic heterocycles. The van der Waals surface area contributed by atoms with E-state index < -0.39 is 17.5 Å². The van der Waals surface area contributed by atoms with Gasteiger partial charge >= 0.3 is 0 Å². The SMILES string of the molecule is CCCCC(CC)CN1C(=O)C2C(=C1C1(C)CC=C(C#N)N1C)C(=O)N(CC(CC)CCCC)C2c1ccc(C#N)n1C. The maximum atomic E-state index is 14.8. The molecule has 0 radical (unpaired) electrons. The van der Waals surface area contributed by atoms with Crippen molar-refractivity contribution in [3.63, 3.8) is 0 Å². The molecule has 4 heterocycles. The average molecular weight is 587 g/mol. The molecule has 1 saturated heterocycles. The molecule has 5 unspecified atom stereocenters. The lowest BCUT2D eigenvalue weighted by molar-refractivity contribution is -0.134. The van der Waals surface area contributed by atoms with Crippen LogP contribution < -0.4 is 0 Å². The van der Waals surface area contributed by atoms with Crippen LogP contribution in [-0.2, 0) is 16.6 Å². The van der Waals surface area contributed by atoms with Crippen molar-refractivity contribution >= 4 is 11.8 Å². The second-order valence-corrected chi connectivity index (χ2v) is 13.0. The first-order valence-corrected chi connectivity index (χ1v) is 16.4. The molecule has 43 heavy (non-hydrogen) atoms. The summed E-state index contributed by atoms with van der Waals surface area (Å²) in [5.74, 6) is -0.0996. The minimum atomic E-state index is -0.692. The van der Waals surface area contributed by atoms with Gasteiger partial charge in [0.25, 0.3) is 5.91 Å². The number of carbonyl (C=O) groups is 2. The van der Waals surface area contributed by atoms with Crippen LogP contribution in [0.15, 0.2) is 35.2 Å². The van der Waals surface area contributed by atoms with Gasteiger partial charge in [-0.2, -0.15) is 10.5 Å². The molecule has 0 saturated carbocycles. The van der Waals surface area contributed by atoms with Crippen LogP contribution in [0.5, 0.6) is 0 Å². The second-order valence-electron chi connectivity index (χ2n) is 13.0. The van der Waals surface area contributed by atoms with Crippen LogP contribution in [0.4, 0.5) is 0 Å². The summed E-state index contributed by atoms with van der Waals surface area (Å²) in [5, 5.41) is 19.6. The van der Waals surface area contributed by atoms with Gasteiger partial charge in [0, 0.05) is 32.9 Å². The van der Waals surface area contributed by atoms with Crippen molar-refractivity contribution in [3.05, 3.63) is 46.6 Å². The van der Waals surface area contributed by atoms with Gasteiger partial charge in [-0.1, -0.05) is 66.2 Å². The first kappa shape index (κ1) is 32.4. The van der Waals surface area contributed by atoms with Crippen molar-refractivity contribution in [3.8, 4) is 12.1 Å². The van der Waals surface area contributed by atoms with Crippen LogP contribution in [0.25, 0.3) is 0 Å². The Bertz CT molecular complexity index is 1360. The Morgan fingerprint density at radius 3 is 2.09 bits per heavy atom. The van der Waals surface area contributed by atoms with Crippen molar-refractivity contribution in [2.45, 2.75) is 104 Å². The predicted molar refractivity (Wildman–Crippen MR) is 168 cm³/mol. The maximum Gasteiger partial charge on any atom is 0.253 e. The topological polar surface area (TPSA) is 96.4 Å². The number of hydrogen-bond donors (Lipinski definition) is 0. The number of hydrogen-bond acceptors (Lipinski definition) is 5. The highest BCUT2D eigenvalue weighted by atomic mass is 16.2. The van der Waals surface area contributed by atoms with Crippen LogP contribution in [0.3, 0.4) is 0 Å². The molecule has 0 N–H and O–H groups in total. The third-order valence-electron chi connectivity index (χ3n) is 10.5. The summed E-state index contributed by atoms with van der Waals surface area (Å²) in [6.07, 6.45) is 10.8. The van der Waals surface area contributed by atoms with Crippen LogP contribution in [0.2, 0.25) is 0 Å². The highest BCUT2D eigenvalue weighted by Crippen LogP contribution is 2.53. The maximum absolute atomic E-state index is 14.8. The van der Waals surface area contributed by atoms with Gasteiger partial charge < -0.3 is 19.3 Å². The molecule has 232 valence electrons. The van der Waals surface area contributed by atoms with Gasteiger partial charge in [-0.25, -0.2) is 0 Å². The molecule has 5 atom stereocenters. The van der Waals surface area contributed by atoms with Crippen molar-refractivity contribution in [2.24, 2.45) is 24.8 Å². The summed E-state index contributed by atoms with van der Waals surface area (Å²) in [5.41, 5.74) is 2.57. The van der Waals surface area contributed by atoms with Crippen molar-refractivity contribution in [1.82, 2.24) is 19.3 Å². The monoisotopic (exact) mass is 586 g/mol. The van der Waals surface area contributed by atoms with Gasteiger partial charge in [0.05, 0.1) is 28.8 Å². The largest absolute Gasteiger partial charge is 0.355 e. The van der Waals surface area contributed by atoms with E-state index >= 15 is 0 Å². The van der Waals surface area contributed by atoms with Crippen molar-refractivity contribution < 1.29 is 9.59 Å². The summed E-state index contributed by atoms with van der Waals surface area (Å²) in [4.78, 5) is 35.4. The number of carbonyl (C=O) groups excluding carboxylic acids is 2. The van der Waals surface area contributed by atoms with Gasteiger partial charge in [-0.15, -0.1) is 0 Å². The van der Waals surface area contributed by atoms with Gasteiger partial charge in [-0.3, -0.25) is 9.59 Å². The van der Waals surface area contributed by atoms with E-state index in [0.717, 1.165) is 62.8 Å². The lowest BCUT2D eigenvalue weighted by Gasteiger charge is -2.41. The zero-order chi connectivity index (χ0) is 31.5. The molecule has 8 heteroatoms. The summed E-state index contributed by atoms with van der Waals surface area (Å²) < 4.78 is 1.85. The standard InChI is InChI=1S/C35H50N6O2/c1-8-12-14-24(10-3)22-40-31(28-17-16-26(20-36)38(28)6)29-30(34(40)43)32(35(5)19-18-27(21-37)39(35)7)41(33(29)42)23-25(11-4)15-13-9-2/h16-18,24-25,29,31H,8-15,19,22-23H2,1-7H3. The van der Waals surface area contributed by atoms with E-state index in [1.54, 1.807) is 6.07 Å². The highest BCUT2D eigenvalue weighted by molar-refractivity contribution is 6.08. The Labute approximate surface area is 258 Å². The van der Waals surface area contributed by atoms with Crippen LogP contribution in [0, 0.1) is 40.4 Å². The van der Waals surface area contributed by atoms with E-state index in [1.807, 2.05) is 45.5 Å². The number of unbranched alkanes of at least 4 members (excludes halogenated alkanes) is 2. The molecule has 8 nitrogen and oxygen atoms in total. The number of rotatable bonds is 14. The number of likely N-dealkylation sites (tertiary alicyclic amines) is 1. The highest BCUT2D eigenvalue weighted by Gasteiger charge is 2.60. The number of amides is 2. The fourth-order valence-electron chi connectivity index (χ4n) is 7.49. The van der Waals surface area contributed by atoms with Gasteiger partial charge in [-0.05, 0) is 56.2 Å². The fourth-order valence-corrected chi connectivity index (χ4v) is 7.49. The van der Waals surface area contributed by atoms with Gasteiger partial charge in [0.2, 0.25) is 5.91 Å². The smallest absolute Gasteiger partial charge is 0.253 e. The summed E-state index contributed by atoms with van der Waals surface area (Å²) >= 11 is 0. The van der Waals surface area contributed by atoms with Gasteiger partial charge in [0.1, 0.15) is 23.5 Å². The molecule has 0 bridgehead atoms. The molecule has 0 aliphatic carbocycles. The van der Waals surface area contributed by atoms with E-state index in [4.69, 9.17) is 0 Å². The number of nitrogens with zero attached hydrogens (tertiary/aromatic N) is 6. The molecule has 1 fully saturated rings. The molecule has 1 aromatic rings. The van der Waals surface area contributed by atoms with E-state index in [1.165, 1.54) is 0 Å². The first-order valence-electron chi connectivity index (χ1n) is 16.4. The Balaban J connectivity index is 1.91. The summed E-state index contributed by atoms with van der Waals surface area (Å²) in [6.45, 7) is 11.9. The fraction of sp³-hybridized carbons (Fsp3) is 0.657. The third-order valence-corrected chi connectivity index (χ3v) is 10.5. The van der Waals surface area contributed by atoms with Crippen molar-refractivity contribution in [1.29, 1.82) is 10.5 Å². The molecule has 0 aromatic carbocycles. The predicted octanol–water partition coefficient (Wildman–Crippen LogP) is 6.43. The average Bonchev–Trinajstić information content (AvgIpc) is 3.69. The van der Waals surface area contributed by atoms with Gasteiger partial charge in [0.15, 0.2) is 0 Å². The lowest BCUT2D eigenvalue weighted by atomic mass is 9.87. The first-order chi connectivity index (χ1) is 20.6. The number of nitriles is 2. The molecule has 3 aliphatic heterocycles. The van der Waals surface area contributed by atoms with E-state index in [-0.39, 0.29) is 11.8 Å². The second kappa shape index (κ2) is 13.4. The summed E-state index contributed by atoms with van der Waals surface area (Å²) in [7, 11) is 3.76. The quantitative estimate of drug-likeness (QED) is 0.250. The minimum absolute atomic E-state index is 0.0258. The van der Waals surface area contributed by atoms with E-state index in [2.05, 4.69) is 46.8 Å². The molecule has 4 rings (SSSR count). The molecule has 3 aliphatic rings. The lowest BCUT2D eigenvalue weighted by Crippen LogP contribution is -2.49. The Morgan fingerprint density at radius 1 is 0.953 bits per heavy atom. The summed E-state index contributed by atoms with van der Waals surface area (Å²) in [6, 6.07) is 7.81. The Morgan fingerprint density at radius 2 is 1.58 bits per heavy atom. The number of allylic oxidation sites excluding steroid dienone is 1. The Kier molecular flexibility index (Phi) is 10.1. The molecular weight excluding hydrogens is 536 g/mol. The minimum Gasteiger partial charge on any atom is -0.355 e. The number of fused-ring (bicyclic) bond motifs is 1. The zero-order valence-corrected chi connectivity index (χ0v) is 27.3.